The average molecular weight is 306 g/mol. The van der Waals surface area contributed by atoms with Crippen molar-refractivity contribution in [2.45, 2.75) is 19.4 Å². The molecule has 23 heavy (non-hydrogen) atoms. The maximum atomic E-state index is 11.9. The Morgan fingerprint density at radius 1 is 0.957 bits per heavy atom. The van der Waals surface area contributed by atoms with E-state index in [9.17, 15) is 4.79 Å². The lowest BCUT2D eigenvalue weighted by molar-refractivity contribution is -0.144. The Hall–Kier alpha value is -2.88. The van der Waals surface area contributed by atoms with Gasteiger partial charge in [0.15, 0.2) is 0 Å². The van der Waals surface area contributed by atoms with E-state index in [4.69, 9.17) is 4.74 Å². The molecular formula is C19H18N2O2. The van der Waals surface area contributed by atoms with Crippen molar-refractivity contribution in [3.8, 4) is 0 Å². The van der Waals surface area contributed by atoms with Crippen molar-refractivity contribution in [1.82, 2.24) is 9.97 Å². The minimum absolute atomic E-state index is 0.213. The minimum atomic E-state index is -0.213. The Morgan fingerprint density at radius 2 is 1.70 bits per heavy atom. The molecule has 0 spiro atoms. The molecule has 0 amide bonds. The van der Waals surface area contributed by atoms with Gasteiger partial charge in [0.25, 0.3) is 0 Å². The van der Waals surface area contributed by atoms with Gasteiger partial charge >= 0.3 is 5.97 Å². The molecule has 0 saturated carbocycles. The number of carbonyl (C=O) groups excluding carboxylic acids is 1. The summed E-state index contributed by atoms with van der Waals surface area (Å²) in [6.07, 6.45) is 4.58. The molecule has 3 aromatic rings. The number of nitrogens with one attached hydrogen (secondary N) is 1. The maximum Gasteiger partial charge on any atom is 0.310 e. The van der Waals surface area contributed by atoms with Crippen LogP contribution in [0.3, 0.4) is 0 Å². The van der Waals surface area contributed by atoms with E-state index in [1.165, 1.54) is 5.56 Å². The number of carbonyl (C=O) groups is 1. The molecule has 0 aliphatic carbocycles. The number of imidazole rings is 1. The van der Waals surface area contributed by atoms with E-state index < -0.39 is 0 Å². The summed E-state index contributed by atoms with van der Waals surface area (Å²) in [5.41, 5.74) is 4.20. The number of aromatic amines is 1. The van der Waals surface area contributed by atoms with Gasteiger partial charge in [0.05, 0.1) is 12.7 Å². The number of benzene rings is 2. The van der Waals surface area contributed by atoms with E-state index in [0.717, 1.165) is 23.2 Å². The third-order valence-corrected chi connectivity index (χ3v) is 3.56. The molecule has 0 bridgehead atoms. The van der Waals surface area contributed by atoms with E-state index in [1.807, 2.05) is 60.8 Å². The normalized spacial score (nSPS) is 10.4. The number of rotatable bonds is 6. The van der Waals surface area contributed by atoms with Crippen LogP contribution in [0, 0.1) is 0 Å². The largest absolute Gasteiger partial charge is 0.461 e. The Bertz CT molecular complexity index is 735. The van der Waals surface area contributed by atoms with Crippen LogP contribution in [-0.2, 0) is 29.0 Å². The number of aromatic nitrogens is 2. The van der Waals surface area contributed by atoms with Crippen molar-refractivity contribution in [3.63, 3.8) is 0 Å². The number of ether oxygens (including phenoxy) is 1. The monoisotopic (exact) mass is 306 g/mol. The third kappa shape index (κ3) is 4.54. The highest BCUT2D eigenvalue weighted by molar-refractivity contribution is 5.72. The lowest BCUT2D eigenvalue weighted by Gasteiger charge is -2.06. The number of hydrogen-bond acceptors (Lipinski definition) is 3. The second-order valence-corrected chi connectivity index (χ2v) is 5.39. The highest BCUT2D eigenvalue weighted by atomic mass is 16.5. The number of nitrogens with zero attached hydrogens (tertiary/aromatic N) is 1. The standard InChI is InChI=1S/C19H18N2O2/c22-19(23-13-17-4-2-1-3-5-17)11-16-8-6-15(7-9-16)10-18-12-20-14-21-18/h1-9,12,14H,10-11,13H2,(H,20,21). The van der Waals surface area contributed by atoms with Gasteiger partial charge in [-0.3, -0.25) is 4.79 Å². The Kier molecular flexibility index (Phi) is 4.84. The van der Waals surface area contributed by atoms with Crippen molar-refractivity contribution < 1.29 is 9.53 Å². The Balaban J connectivity index is 1.50. The van der Waals surface area contributed by atoms with Gasteiger partial charge in [-0.15, -0.1) is 0 Å². The third-order valence-electron chi connectivity index (χ3n) is 3.56. The zero-order valence-electron chi connectivity index (χ0n) is 12.7. The van der Waals surface area contributed by atoms with Crippen LogP contribution in [-0.4, -0.2) is 15.9 Å². The fourth-order valence-electron chi connectivity index (χ4n) is 2.33. The fraction of sp³-hybridized carbons (Fsp3) is 0.158. The molecule has 4 nitrogen and oxygen atoms in total. The van der Waals surface area contributed by atoms with Crippen LogP contribution in [0.2, 0.25) is 0 Å². The first-order chi connectivity index (χ1) is 11.3. The zero-order valence-corrected chi connectivity index (χ0v) is 12.7. The summed E-state index contributed by atoms with van der Waals surface area (Å²) in [6, 6.07) is 17.7. The predicted octanol–water partition coefficient (Wildman–Crippen LogP) is 3.29. The minimum Gasteiger partial charge on any atom is -0.461 e. The predicted molar refractivity (Wildman–Crippen MR) is 87.8 cm³/mol. The summed E-state index contributed by atoms with van der Waals surface area (Å²) in [7, 11) is 0. The molecule has 2 aromatic carbocycles. The van der Waals surface area contributed by atoms with Gasteiger partial charge in [-0.25, -0.2) is 4.98 Å². The molecule has 0 radical (unpaired) electrons. The van der Waals surface area contributed by atoms with Gasteiger partial charge in [-0.1, -0.05) is 54.6 Å². The molecule has 1 aromatic heterocycles. The average Bonchev–Trinajstić information content (AvgIpc) is 3.09. The van der Waals surface area contributed by atoms with Crippen LogP contribution in [0.1, 0.15) is 22.4 Å². The van der Waals surface area contributed by atoms with Gasteiger partial charge in [-0.05, 0) is 16.7 Å². The van der Waals surface area contributed by atoms with Gasteiger partial charge in [0.1, 0.15) is 6.61 Å². The number of esters is 1. The second kappa shape index (κ2) is 7.40. The molecule has 0 aliphatic heterocycles. The molecule has 0 saturated heterocycles. The van der Waals surface area contributed by atoms with Crippen LogP contribution in [0.4, 0.5) is 0 Å². The van der Waals surface area contributed by atoms with Crippen LogP contribution < -0.4 is 0 Å². The van der Waals surface area contributed by atoms with E-state index in [1.54, 1.807) is 6.33 Å². The van der Waals surface area contributed by atoms with Crippen LogP contribution in [0.25, 0.3) is 0 Å². The summed E-state index contributed by atoms with van der Waals surface area (Å²) in [4.78, 5) is 19.0. The first-order valence-electron chi connectivity index (χ1n) is 7.54. The van der Waals surface area contributed by atoms with Crippen molar-refractivity contribution >= 4 is 5.97 Å². The Morgan fingerprint density at radius 3 is 2.39 bits per heavy atom. The molecule has 1 N–H and O–H groups in total. The van der Waals surface area contributed by atoms with Crippen LogP contribution in [0.15, 0.2) is 67.1 Å². The number of H-pyrrole nitrogens is 1. The van der Waals surface area contributed by atoms with E-state index >= 15 is 0 Å². The van der Waals surface area contributed by atoms with Gasteiger partial charge in [0.2, 0.25) is 0 Å². The molecule has 0 aliphatic rings. The molecule has 116 valence electrons. The molecular weight excluding hydrogens is 288 g/mol. The quantitative estimate of drug-likeness (QED) is 0.711. The Labute approximate surface area is 135 Å². The van der Waals surface area contributed by atoms with Gasteiger partial charge in [0, 0.05) is 18.3 Å². The second-order valence-electron chi connectivity index (χ2n) is 5.39. The van der Waals surface area contributed by atoms with Gasteiger partial charge < -0.3 is 9.72 Å². The highest BCUT2D eigenvalue weighted by Gasteiger charge is 2.06. The van der Waals surface area contributed by atoms with E-state index in [2.05, 4.69) is 9.97 Å². The molecule has 3 rings (SSSR count). The van der Waals surface area contributed by atoms with E-state index in [-0.39, 0.29) is 12.4 Å². The van der Waals surface area contributed by atoms with Crippen molar-refractivity contribution in [2.24, 2.45) is 0 Å². The summed E-state index contributed by atoms with van der Waals surface area (Å²) < 4.78 is 5.30. The molecule has 0 unspecified atom stereocenters. The fourth-order valence-corrected chi connectivity index (χ4v) is 2.33. The van der Waals surface area contributed by atoms with E-state index in [0.29, 0.717) is 6.61 Å². The smallest absolute Gasteiger partial charge is 0.310 e. The van der Waals surface area contributed by atoms with Crippen molar-refractivity contribution in [2.75, 3.05) is 0 Å². The lowest BCUT2D eigenvalue weighted by atomic mass is 10.1. The molecule has 0 atom stereocenters. The molecule has 1 heterocycles. The zero-order chi connectivity index (χ0) is 15.9. The molecule has 4 heteroatoms. The summed E-state index contributed by atoms with van der Waals surface area (Å²) in [5, 5.41) is 0. The van der Waals surface area contributed by atoms with Crippen LogP contribution >= 0.6 is 0 Å². The summed E-state index contributed by atoms with van der Waals surface area (Å²) >= 11 is 0. The summed E-state index contributed by atoms with van der Waals surface area (Å²) in [5.74, 6) is -0.213. The molecule has 0 fully saturated rings. The van der Waals surface area contributed by atoms with Gasteiger partial charge in [-0.2, -0.15) is 0 Å². The van der Waals surface area contributed by atoms with Crippen LogP contribution in [0.5, 0.6) is 0 Å². The SMILES string of the molecule is O=C(Cc1ccc(Cc2cnc[nH]2)cc1)OCc1ccccc1. The first kappa shape index (κ1) is 15.0. The lowest BCUT2D eigenvalue weighted by Crippen LogP contribution is -2.08. The number of hydrogen-bond donors (Lipinski definition) is 1. The summed E-state index contributed by atoms with van der Waals surface area (Å²) in [6.45, 7) is 0.317. The first-order valence-corrected chi connectivity index (χ1v) is 7.54. The van der Waals surface area contributed by atoms with Crippen molar-refractivity contribution in [1.29, 1.82) is 0 Å². The maximum absolute atomic E-state index is 11.9. The highest BCUT2D eigenvalue weighted by Crippen LogP contribution is 2.10. The van der Waals surface area contributed by atoms with Crippen molar-refractivity contribution in [3.05, 3.63) is 89.5 Å². The topological polar surface area (TPSA) is 55.0 Å².